The van der Waals surface area contributed by atoms with E-state index in [4.69, 9.17) is 0 Å². The second kappa shape index (κ2) is 4.27. The molecule has 0 saturated heterocycles. The van der Waals surface area contributed by atoms with Crippen LogP contribution >= 0.6 is 0 Å². The Kier molecular flexibility index (Phi) is 2.82. The summed E-state index contributed by atoms with van der Waals surface area (Å²) < 4.78 is 0. The van der Waals surface area contributed by atoms with E-state index in [1.165, 1.54) is 0 Å². The number of carbonyl (C=O) groups excluding carboxylic acids is 1. The first-order valence-electron chi connectivity index (χ1n) is 5.19. The van der Waals surface area contributed by atoms with Crippen molar-refractivity contribution in [2.24, 2.45) is 0 Å². The number of carbonyl (C=O) groups is 1. The highest BCUT2D eigenvalue weighted by molar-refractivity contribution is 5.88. The highest BCUT2D eigenvalue weighted by Crippen LogP contribution is 2.26. The maximum atomic E-state index is 11.0. The van der Waals surface area contributed by atoms with Gasteiger partial charge in [-0.25, -0.2) is 0 Å². The smallest absolute Gasteiger partial charge is 0.150 e. The monoisotopic (exact) mass is 211 g/mol. The van der Waals surface area contributed by atoms with Crippen LogP contribution in [0.5, 0.6) is 0 Å². The summed E-state index contributed by atoms with van der Waals surface area (Å²) in [6.07, 6.45) is 4.45. The first-order chi connectivity index (χ1) is 7.72. The van der Waals surface area contributed by atoms with Gasteiger partial charge in [0.15, 0.2) is 6.29 Å². The molecule has 16 heavy (non-hydrogen) atoms. The molecule has 2 nitrogen and oxygen atoms in total. The first-order valence-corrected chi connectivity index (χ1v) is 5.19. The number of hydrogen-bond acceptors (Lipinski definition) is 2. The lowest BCUT2D eigenvalue weighted by Crippen LogP contribution is -1.91. The van der Waals surface area contributed by atoms with Crippen molar-refractivity contribution in [1.82, 2.24) is 4.98 Å². The summed E-state index contributed by atoms with van der Waals surface area (Å²) in [6, 6.07) is 7.77. The summed E-state index contributed by atoms with van der Waals surface area (Å²) in [4.78, 5) is 15.1. The van der Waals surface area contributed by atoms with Crippen LogP contribution < -0.4 is 0 Å². The number of hydrogen-bond donors (Lipinski definition) is 0. The molecular weight excluding hydrogens is 198 g/mol. The highest BCUT2D eigenvalue weighted by atomic mass is 16.1. The van der Waals surface area contributed by atoms with Gasteiger partial charge in [0.05, 0.1) is 0 Å². The average molecular weight is 211 g/mol. The second-order valence-corrected chi connectivity index (χ2v) is 3.90. The van der Waals surface area contributed by atoms with Gasteiger partial charge in [-0.1, -0.05) is 23.8 Å². The van der Waals surface area contributed by atoms with E-state index in [0.29, 0.717) is 5.56 Å². The van der Waals surface area contributed by atoms with Gasteiger partial charge in [-0.2, -0.15) is 0 Å². The lowest BCUT2D eigenvalue weighted by molar-refractivity contribution is 0.112. The molecule has 2 heteroatoms. The Labute approximate surface area is 95.0 Å². The third kappa shape index (κ3) is 1.87. The average Bonchev–Trinajstić information content (AvgIpc) is 2.29. The van der Waals surface area contributed by atoms with Crippen LogP contribution in [-0.2, 0) is 0 Å². The zero-order chi connectivity index (χ0) is 11.5. The fraction of sp³-hybridized carbons (Fsp3) is 0.143. The fourth-order valence-corrected chi connectivity index (χ4v) is 1.75. The van der Waals surface area contributed by atoms with Crippen LogP contribution in [0.1, 0.15) is 21.5 Å². The summed E-state index contributed by atoms with van der Waals surface area (Å²) in [5, 5.41) is 0. The molecule has 2 aromatic rings. The molecule has 2 rings (SSSR count). The number of pyridine rings is 1. The Hall–Kier alpha value is -1.96. The van der Waals surface area contributed by atoms with E-state index in [1.54, 1.807) is 12.4 Å². The zero-order valence-corrected chi connectivity index (χ0v) is 9.40. The van der Waals surface area contributed by atoms with E-state index in [9.17, 15) is 4.79 Å². The molecule has 0 aliphatic rings. The van der Waals surface area contributed by atoms with Gasteiger partial charge in [0.2, 0.25) is 0 Å². The highest BCUT2D eigenvalue weighted by Gasteiger charge is 2.07. The molecule has 0 N–H and O–H groups in total. The van der Waals surface area contributed by atoms with Crippen LogP contribution in [-0.4, -0.2) is 11.3 Å². The summed E-state index contributed by atoms with van der Waals surface area (Å²) in [5.74, 6) is 0. The van der Waals surface area contributed by atoms with E-state index in [2.05, 4.69) is 4.98 Å². The maximum absolute atomic E-state index is 11.0. The summed E-state index contributed by atoms with van der Waals surface area (Å²) in [7, 11) is 0. The maximum Gasteiger partial charge on any atom is 0.150 e. The Bertz CT molecular complexity index is 532. The lowest BCUT2D eigenvalue weighted by Gasteiger charge is -2.08. The van der Waals surface area contributed by atoms with Crippen molar-refractivity contribution in [2.45, 2.75) is 13.8 Å². The van der Waals surface area contributed by atoms with Crippen molar-refractivity contribution >= 4 is 6.29 Å². The second-order valence-electron chi connectivity index (χ2n) is 3.90. The van der Waals surface area contributed by atoms with Crippen LogP contribution in [0.2, 0.25) is 0 Å². The van der Waals surface area contributed by atoms with Crippen molar-refractivity contribution < 1.29 is 4.79 Å². The molecule has 1 aromatic heterocycles. The van der Waals surface area contributed by atoms with Crippen LogP contribution in [0.4, 0.5) is 0 Å². The number of aromatic nitrogens is 1. The van der Waals surface area contributed by atoms with Gasteiger partial charge < -0.3 is 0 Å². The minimum absolute atomic E-state index is 0.710. The minimum Gasteiger partial charge on any atom is -0.298 e. The van der Waals surface area contributed by atoms with Crippen molar-refractivity contribution in [1.29, 1.82) is 0 Å². The van der Waals surface area contributed by atoms with E-state index < -0.39 is 0 Å². The number of rotatable bonds is 2. The fourth-order valence-electron chi connectivity index (χ4n) is 1.75. The first kappa shape index (κ1) is 10.6. The molecule has 0 radical (unpaired) electrons. The molecule has 0 amide bonds. The Morgan fingerprint density at radius 1 is 1.12 bits per heavy atom. The molecule has 0 bridgehead atoms. The van der Waals surface area contributed by atoms with E-state index >= 15 is 0 Å². The Morgan fingerprint density at radius 2 is 1.94 bits per heavy atom. The SMILES string of the molecule is Cc1ccc(C=O)c(-c2cnccc2C)c1. The van der Waals surface area contributed by atoms with Gasteiger partial charge in [-0.3, -0.25) is 9.78 Å². The molecule has 0 aliphatic carbocycles. The molecule has 0 spiro atoms. The molecule has 0 aliphatic heterocycles. The van der Waals surface area contributed by atoms with Gasteiger partial charge in [0.25, 0.3) is 0 Å². The molecule has 80 valence electrons. The van der Waals surface area contributed by atoms with E-state index in [0.717, 1.165) is 28.5 Å². The van der Waals surface area contributed by atoms with Gasteiger partial charge in [-0.15, -0.1) is 0 Å². The van der Waals surface area contributed by atoms with Crippen molar-refractivity contribution in [3.05, 3.63) is 53.3 Å². The third-order valence-electron chi connectivity index (χ3n) is 2.67. The quantitative estimate of drug-likeness (QED) is 0.714. The number of aldehydes is 1. The minimum atomic E-state index is 0.710. The molecule has 0 atom stereocenters. The standard InChI is InChI=1S/C14H13NO/c1-10-3-4-12(9-16)13(7-10)14-8-15-6-5-11(14)2/h3-9H,1-2H3. The largest absolute Gasteiger partial charge is 0.298 e. The number of benzene rings is 1. The van der Waals surface area contributed by atoms with Crippen LogP contribution in [0.3, 0.4) is 0 Å². The molecule has 0 fully saturated rings. The molecule has 1 heterocycles. The topological polar surface area (TPSA) is 30.0 Å². The van der Waals surface area contributed by atoms with Crippen LogP contribution in [0.25, 0.3) is 11.1 Å². The number of aryl methyl sites for hydroxylation is 2. The van der Waals surface area contributed by atoms with Gasteiger partial charge in [0.1, 0.15) is 0 Å². The Morgan fingerprint density at radius 3 is 2.62 bits per heavy atom. The summed E-state index contributed by atoms with van der Waals surface area (Å²) in [6.45, 7) is 4.04. The van der Waals surface area contributed by atoms with Crippen LogP contribution in [0, 0.1) is 13.8 Å². The predicted molar refractivity (Wildman–Crippen MR) is 64.5 cm³/mol. The Balaban J connectivity index is 2.67. The van der Waals surface area contributed by atoms with Gasteiger partial charge >= 0.3 is 0 Å². The van der Waals surface area contributed by atoms with Gasteiger partial charge in [-0.05, 0) is 31.0 Å². The molecule has 0 unspecified atom stereocenters. The normalized spacial score (nSPS) is 10.1. The predicted octanol–water partition coefficient (Wildman–Crippen LogP) is 3.18. The summed E-state index contributed by atoms with van der Waals surface area (Å²) >= 11 is 0. The molecular formula is C14H13NO. The number of nitrogens with zero attached hydrogens (tertiary/aromatic N) is 1. The molecule has 0 saturated carbocycles. The van der Waals surface area contributed by atoms with Crippen molar-refractivity contribution in [2.75, 3.05) is 0 Å². The van der Waals surface area contributed by atoms with E-state index in [1.807, 2.05) is 38.1 Å². The third-order valence-corrected chi connectivity index (χ3v) is 2.67. The lowest BCUT2D eigenvalue weighted by atomic mass is 9.97. The van der Waals surface area contributed by atoms with Crippen LogP contribution in [0.15, 0.2) is 36.7 Å². The zero-order valence-electron chi connectivity index (χ0n) is 9.40. The molecule has 1 aromatic carbocycles. The van der Waals surface area contributed by atoms with Crippen molar-refractivity contribution in [3.8, 4) is 11.1 Å². The van der Waals surface area contributed by atoms with Gasteiger partial charge in [0, 0.05) is 23.5 Å². The van der Waals surface area contributed by atoms with E-state index in [-0.39, 0.29) is 0 Å². The van der Waals surface area contributed by atoms with Crippen molar-refractivity contribution in [3.63, 3.8) is 0 Å². The summed E-state index contributed by atoms with van der Waals surface area (Å²) in [5.41, 5.74) is 4.96.